The molecule has 0 saturated heterocycles. The van der Waals surface area contributed by atoms with Crippen molar-refractivity contribution >= 4 is 11.5 Å². The molecule has 2 N–H and O–H groups in total. The number of benzene rings is 2. The molecule has 0 unspecified atom stereocenters. The SMILES string of the molecule is Cc1cccc(C(N)=O)c1OCCCCCN1CC=C(c2ccc(F)cc2)CC1. The second kappa shape index (κ2) is 10.2. The summed E-state index contributed by atoms with van der Waals surface area (Å²) in [6, 6.07) is 12.2. The van der Waals surface area contributed by atoms with Crippen molar-refractivity contribution in [3.8, 4) is 5.75 Å². The van der Waals surface area contributed by atoms with E-state index < -0.39 is 5.91 Å². The van der Waals surface area contributed by atoms with Crippen LogP contribution in [0.25, 0.3) is 5.57 Å². The lowest BCUT2D eigenvalue weighted by molar-refractivity contribution is 0.0996. The van der Waals surface area contributed by atoms with Gasteiger partial charge >= 0.3 is 0 Å². The minimum absolute atomic E-state index is 0.191. The highest BCUT2D eigenvalue weighted by atomic mass is 19.1. The lowest BCUT2D eigenvalue weighted by Gasteiger charge is -2.26. The van der Waals surface area contributed by atoms with Crippen LogP contribution in [0, 0.1) is 12.7 Å². The molecule has 29 heavy (non-hydrogen) atoms. The van der Waals surface area contributed by atoms with Crippen LogP contribution in [-0.4, -0.2) is 37.0 Å². The summed E-state index contributed by atoms with van der Waals surface area (Å²) in [5, 5.41) is 0. The van der Waals surface area contributed by atoms with E-state index in [0.29, 0.717) is 17.9 Å². The molecule has 1 aliphatic rings. The van der Waals surface area contributed by atoms with Crippen molar-refractivity contribution in [1.82, 2.24) is 4.90 Å². The molecule has 0 aliphatic carbocycles. The van der Waals surface area contributed by atoms with Crippen LogP contribution in [0.5, 0.6) is 5.75 Å². The van der Waals surface area contributed by atoms with E-state index in [2.05, 4.69) is 11.0 Å². The summed E-state index contributed by atoms with van der Waals surface area (Å²) in [5.74, 6) is -0.0413. The van der Waals surface area contributed by atoms with Crippen LogP contribution in [0.15, 0.2) is 48.5 Å². The Morgan fingerprint density at radius 1 is 1.14 bits per heavy atom. The molecule has 1 aliphatic heterocycles. The van der Waals surface area contributed by atoms with Gasteiger partial charge in [0.1, 0.15) is 11.6 Å². The monoisotopic (exact) mass is 396 g/mol. The number of carbonyl (C=O) groups is 1. The molecule has 0 bridgehead atoms. The van der Waals surface area contributed by atoms with Gasteiger partial charge in [-0.2, -0.15) is 0 Å². The zero-order chi connectivity index (χ0) is 20.6. The Bertz CT molecular complexity index is 862. The van der Waals surface area contributed by atoms with E-state index in [4.69, 9.17) is 10.5 Å². The molecule has 154 valence electrons. The molecule has 2 aromatic carbocycles. The Labute approximate surface area is 172 Å². The molecular formula is C24H29FN2O2. The fraction of sp³-hybridized carbons (Fsp3) is 0.375. The lowest BCUT2D eigenvalue weighted by atomic mass is 9.99. The first-order valence-corrected chi connectivity index (χ1v) is 10.2. The molecule has 3 rings (SSSR count). The van der Waals surface area contributed by atoms with Gasteiger partial charge < -0.3 is 10.5 Å². The largest absolute Gasteiger partial charge is 0.492 e. The predicted molar refractivity (Wildman–Crippen MR) is 114 cm³/mol. The summed E-state index contributed by atoms with van der Waals surface area (Å²) in [6.07, 6.45) is 6.38. The zero-order valence-corrected chi connectivity index (χ0v) is 17.0. The molecule has 0 atom stereocenters. The third-order valence-electron chi connectivity index (χ3n) is 5.35. The number of halogens is 1. The van der Waals surface area contributed by atoms with E-state index in [1.807, 2.05) is 31.2 Å². The fourth-order valence-corrected chi connectivity index (χ4v) is 3.67. The first-order chi connectivity index (χ1) is 14.0. The standard InChI is InChI=1S/C24H29FN2O2/c1-18-6-5-7-22(24(26)28)23(18)29-17-4-2-3-14-27-15-12-20(13-16-27)19-8-10-21(25)11-9-19/h5-12H,2-4,13-17H2,1H3,(H2,26,28). The van der Waals surface area contributed by atoms with Crippen LogP contribution in [0.1, 0.15) is 47.2 Å². The third-order valence-corrected chi connectivity index (χ3v) is 5.35. The van der Waals surface area contributed by atoms with Crippen molar-refractivity contribution in [2.45, 2.75) is 32.6 Å². The Balaban J connectivity index is 1.36. The normalized spacial score (nSPS) is 14.5. The molecular weight excluding hydrogens is 367 g/mol. The van der Waals surface area contributed by atoms with Crippen molar-refractivity contribution in [2.24, 2.45) is 5.73 Å². The predicted octanol–water partition coefficient (Wildman–Crippen LogP) is 4.57. The summed E-state index contributed by atoms with van der Waals surface area (Å²) in [7, 11) is 0. The molecule has 1 heterocycles. The highest BCUT2D eigenvalue weighted by molar-refractivity contribution is 5.96. The van der Waals surface area contributed by atoms with E-state index >= 15 is 0 Å². The Morgan fingerprint density at radius 3 is 2.62 bits per heavy atom. The number of amides is 1. The summed E-state index contributed by atoms with van der Waals surface area (Å²) in [4.78, 5) is 14.0. The number of carbonyl (C=O) groups excluding carboxylic acids is 1. The van der Waals surface area contributed by atoms with Crippen molar-refractivity contribution < 1.29 is 13.9 Å². The number of nitrogens with zero attached hydrogens (tertiary/aromatic N) is 1. The number of unbranched alkanes of at least 4 members (excludes halogenated alkanes) is 2. The minimum atomic E-state index is -0.457. The summed E-state index contributed by atoms with van der Waals surface area (Å²) < 4.78 is 18.9. The van der Waals surface area contributed by atoms with Gasteiger partial charge in [0, 0.05) is 13.1 Å². The first-order valence-electron chi connectivity index (χ1n) is 10.2. The summed E-state index contributed by atoms with van der Waals surface area (Å²) >= 11 is 0. The highest BCUT2D eigenvalue weighted by Crippen LogP contribution is 2.24. The molecule has 5 heteroatoms. The summed E-state index contributed by atoms with van der Waals surface area (Å²) in [5.41, 5.74) is 9.23. The number of hydrogen-bond acceptors (Lipinski definition) is 3. The van der Waals surface area contributed by atoms with Crippen LogP contribution in [0.2, 0.25) is 0 Å². The van der Waals surface area contributed by atoms with E-state index in [1.165, 1.54) is 17.7 Å². The molecule has 0 fully saturated rings. The van der Waals surface area contributed by atoms with E-state index in [-0.39, 0.29) is 5.82 Å². The van der Waals surface area contributed by atoms with Crippen LogP contribution in [-0.2, 0) is 0 Å². The Morgan fingerprint density at radius 2 is 1.93 bits per heavy atom. The number of primary amides is 1. The van der Waals surface area contributed by atoms with Gasteiger partial charge in [-0.15, -0.1) is 0 Å². The maximum atomic E-state index is 13.1. The number of nitrogens with two attached hydrogens (primary N) is 1. The fourth-order valence-electron chi connectivity index (χ4n) is 3.67. The average molecular weight is 397 g/mol. The molecule has 0 spiro atoms. The summed E-state index contributed by atoms with van der Waals surface area (Å²) in [6.45, 7) is 5.54. The van der Waals surface area contributed by atoms with Crippen LogP contribution >= 0.6 is 0 Å². The van der Waals surface area contributed by atoms with Crippen molar-refractivity contribution in [3.63, 3.8) is 0 Å². The molecule has 4 nitrogen and oxygen atoms in total. The van der Waals surface area contributed by atoms with Gasteiger partial charge in [0.25, 0.3) is 5.91 Å². The molecule has 0 aromatic heterocycles. The van der Waals surface area contributed by atoms with Gasteiger partial charge in [0.15, 0.2) is 0 Å². The lowest BCUT2D eigenvalue weighted by Crippen LogP contribution is -2.29. The van der Waals surface area contributed by atoms with Crippen LogP contribution < -0.4 is 10.5 Å². The topological polar surface area (TPSA) is 55.6 Å². The van der Waals surface area contributed by atoms with E-state index in [9.17, 15) is 9.18 Å². The van der Waals surface area contributed by atoms with E-state index in [1.54, 1.807) is 6.07 Å². The van der Waals surface area contributed by atoms with Crippen LogP contribution in [0.3, 0.4) is 0 Å². The maximum Gasteiger partial charge on any atom is 0.252 e. The van der Waals surface area contributed by atoms with Gasteiger partial charge in [-0.1, -0.05) is 30.3 Å². The minimum Gasteiger partial charge on any atom is -0.492 e. The second-order valence-corrected chi connectivity index (χ2v) is 7.51. The van der Waals surface area contributed by atoms with Gasteiger partial charge in [0.05, 0.1) is 12.2 Å². The van der Waals surface area contributed by atoms with Gasteiger partial charge in [-0.05, 0) is 74.1 Å². The van der Waals surface area contributed by atoms with Crippen LogP contribution in [0.4, 0.5) is 4.39 Å². The average Bonchev–Trinajstić information content (AvgIpc) is 2.72. The number of ether oxygens (including phenoxy) is 1. The number of rotatable bonds is 9. The first kappa shape index (κ1) is 21.1. The Hall–Kier alpha value is -2.66. The van der Waals surface area contributed by atoms with Crippen molar-refractivity contribution in [2.75, 3.05) is 26.2 Å². The quantitative estimate of drug-likeness (QED) is 0.632. The third kappa shape index (κ3) is 5.91. The number of aryl methyl sites for hydroxylation is 1. The maximum absolute atomic E-state index is 13.1. The van der Waals surface area contributed by atoms with Gasteiger partial charge in [-0.3, -0.25) is 9.69 Å². The van der Waals surface area contributed by atoms with E-state index in [0.717, 1.165) is 56.4 Å². The zero-order valence-electron chi connectivity index (χ0n) is 17.0. The molecule has 0 saturated carbocycles. The molecule has 0 radical (unpaired) electrons. The van der Waals surface area contributed by atoms with Crippen molar-refractivity contribution in [3.05, 3.63) is 71.0 Å². The molecule has 1 amide bonds. The van der Waals surface area contributed by atoms with Gasteiger partial charge in [-0.25, -0.2) is 4.39 Å². The second-order valence-electron chi connectivity index (χ2n) is 7.51. The smallest absolute Gasteiger partial charge is 0.252 e. The van der Waals surface area contributed by atoms with Crippen molar-refractivity contribution in [1.29, 1.82) is 0 Å². The highest BCUT2D eigenvalue weighted by Gasteiger charge is 2.13. The number of hydrogen-bond donors (Lipinski definition) is 1. The molecule has 2 aromatic rings. The van der Waals surface area contributed by atoms with Gasteiger partial charge in [0.2, 0.25) is 0 Å². The number of para-hydroxylation sites is 1. The Kier molecular flexibility index (Phi) is 7.42.